The smallest absolute Gasteiger partial charge is 0.153 e. The molecule has 0 bridgehead atoms. The van der Waals surface area contributed by atoms with Gasteiger partial charge in [0, 0.05) is 6.42 Å². The standard InChI is InChI=1S/C12H22O7/c13-12(14)1-2-17-9(3-15-5-10-7-18-10)4-16-6-11-8-19-11/h9-14H,1-8H2. The number of aliphatic hydroxyl groups is 2. The van der Waals surface area contributed by atoms with Gasteiger partial charge in [-0.2, -0.15) is 0 Å². The van der Waals surface area contributed by atoms with Crippen molar-refractivity contribution in [2.75, 3.05) is 46.2 Å². The van der Waals surface area contributed by atoms with Crippen LogP contribution >= 0.6 is 0 Å². The Morgan fingerprint density at radius 1 is 1.00 bits per heavy atom. The molecule has 2 heterocycles. The topological polar surface area (TPSA) is 93.2 Å². The summed E-state index contributed by atoms with van der Waals surface area (Å²) in [5.74, 6) is 0. The summed E-state index contributed by atoms with van der Waals surface area (Å²) in [6.07, 6.45) is -0.937. The van der Waals surface area contributed by atoms with E-state index in [-0.39, 0.29) is 31.3 Å². The van der Waals surface area contributed by atoms with E-state index in [2.05, 4.69) is 0 Å². The van der Waals surface area contributed by atoms with Crippen LogP contribution in [0.3, 0.4) is 0 Å². The van der Waals surface area contributed by atoms with E-state index in [4.69, 9.17) is 33.9 Å². The predicted octanol–water partition coefficient (Wildman–Crippen LogP) is -1.10. The first kappa shape index (κ1) is 15.1. The van der Waals surface area contributed by atoms with Crippen molar-refractivity contribution < 1.29 is 33.9 Å². The maximum Gasteiger partial charge on any atom is 0.153 e. The molecule has 2 aliphatic rings. The zero-order valence-electron chi connectivity index (χ0n) is 10.9. The lowest BCUT2D eigenvalue weighted by Crippen LogP contribution is -2.28. The zero-order chi connectivity index (χ0) is 13.5. The second-order valence-electron chi connectivity index (χ2n) is 4.75. The predicted molar refractivity (Wildman–Crippen MR) is 63.7 cm³/mol. The molecule has 19 heavy (non-hydrogen) atoms. The number of rotatable bonds is 12. The quantitative estimate of drug-likeness (QED) is 0.346. The van der Waals surface area contributed by atoms with E-state index in [1.807, 2.05) is 0 Å². The van der Waals surface area contributed by atoms with Crippen LogP contribution in [0.25, 0.3) is 0 Å². The van der Waals surface area contributed by atoms with Gasteiger partial charge in [0.2, 0.25) is 0 Å². The van der Waals surface area contributed by atoms with Crippen molar-refractivity contribution in [3.05, 3.63) is 0 Å². The van der Waals surface area contributed by atoms with Crippen molar-refractivity contribution in [2.45, 2.75) is 31.0 Å². The van der Waals surface area contributed by atoms with Gasteiger partial charge in [0.15, 0.2) is 6.29 Å². The van der Waals surface area contributed by atoms with Crippen LogP contribution < -0.4 is 0 Å². The molecule has 0 spiro atoms. The molecule has 0 amide bonds. The van der Waals surface area contributed by atoms with Crippen molar-refractivity contribution in [2.24, 2.45) is 0 Å². The van der Waals surface area contributed by atoms with Gasteiger partial charge in [0.05, 0.1) is 46.2 Å². The fourth-order valence-electron chi connectivity index (χ4n) is 1.47. The van der Waals surface area contributed by atoms with Crippen molar-refractivity contribution in [3.8, 4) is 0 Å². The summed E-state index contributed by atoms with van der Waals surface area (Å²) in [4.78, 5) is 0. The van der Waals surface area contributed by atoms with Gasteiger partial charge in [-0.3, -0.25) is 0 Å². The lowest BCUT2D eigenvalue weighted by atomic mass is 10.3. The molecule has 2 aliphatic heterocycles. The van der Waals surface area contributed by atoms with E-state index in [0.29, 0.717) is 26.4 Å². The average Bonchev–Trinajstić information content (AvgIpc) is 3.23. The molecule has 2 N–H and O–H groups in total. The Morgan fingerprint density at radius 2 is 1.53 bits per heavy atom. The van der Waals surface area contributed by atoms with Crippen LogP contribution in [0.1, 0.15) is 6.42 Å². The van der Waals surface area contributed by atoms with Gasteiger partial charge in [-0.05, 0) is 0 Å². The summed E-state index contributed by atoms with van der Waals surface area (Å²) in [5.41, 5.74) is 0. The van der Waals surface area contributed by atoms with Gasteiger partial charge < -0.3 is 33.9 Å². The Labute approximate surface area is 112 Å². The summed E-state index contributed by atoms with van der Waals surface area (Å²) in [6.45, 7) is 3.73. The van der Waals surface area contributed by atoms with E-state index in [1.165, 1.54) is 0 Å². The summed E-state index contributed by atoms with van der Waals surface area (Å²) in [6, 6.07) is 0. The van der Waals surface area contributed by atoms with Gasteiger partial charge in [-0.15, -0.1) is 0 Å². The Kier molecular flexibility index (Phi) is 6.45. The highest BCUT2D eigenvalue weighted by molar-refractivity contribution is 4.69. The summed E-state index contributed by atoms with van der Waals surface area (Å²) >= 11 is 0. The summed E-state index contributed by atoms with van der Waals surface area (Å²) in [5, 5.41) is 17.5. The molecule has 2 saturated heterocycles. The van der Waals surface area contributed by atoms with Gasteiger partial charge >= 0.3 is 0 Å². The molecule has 0 aromatic heterocycles. The SMILES string of the molecule is OC(O)CCOC(COCC1CO1)COCC1CO1. The Morgan fingerprint density at radius 3 is 1.95 bits per heavy atom. The number of hydrogen-bond acceptors (Lipinski definition) is 7. The molecule has 0 aliphatic carbocycles. The molecule has 2 atom stereocenters. The van der Waals surface area contributed by atoms with Gasteiger partial charge in [-0.1, -0.05) is 0 Å². The molecule has 0 aromatic rings. The van der Waals surface area contributed by atoms with E-state index in [1.54, 1.807) is 0 Å². The molecule has 2 fully saturated rings. The van der Waals surface area contributed by atoms with E-state index in [9.17, 15) is 0 Å². The van der Waals surface area contributed by atoms with Gasteiger partial charge in [0.25, 0.3) is 0 Å². The molecular formula is C12H22O7. The number of ether oxygens (including phenoxy) is 5. The van der Waals surface area contributed by atoms with Crippen LogP contribution in [0, 0.1) is 0 Å². The van der Waals surface area contributed by atoms with Crippen molar-refractivity contribution in [1.82, 2.24) is 0 Å². The second kappa shape index (κ2) is 8.11. The fourth-order valence-corrected chi connectivity index (χ4v) is 1.47. The lowest BCUT2D eigenvalue weighted by molar-refractivity contribution is -0.0955. The van der Waals surface area contributed by atoms with E-state index < -0.39 is 6.29 Å². The third kappa shape index (κ3) is 7.78. The number of epoxide rings is 2. The largest absolute Gasteiger partial charge is 0.376 e. The third-order valence-corrected chi connectivity index (χ3v) is 2.75. The lowest BCUT2D eigenvalue weighted by Gasteiger charge is -2.18. The molecular weight excluding hydrogens is 256 g/mol. The first-order chi connectivity index (χ1) is 9.24. The van der Waals surface area contributed by atoms with Crippen LogP contribution in [-0.2, 0) is 23.7 Å². The maximum atomic E-state index is 8.76. The Balaban J connectivity index is 1.54. The molecule has 7 nitrogen and oxygen atoms in total. The molecule has 0 saturated carbocycles. The highest BCUT2D eigenvalue weighted by Crippen LogP contribution is 2.11. The first-order valence-corrected chi connectivity index (χ1v) is 6.60. The van der Waals surface area contributed by atoms with Crippen LogP contribution in [0.4, 0.5) is 0 Å². The molecule has 2 rings (SSSR count). The third-order valence-electron chi connectivity index (χ3n) is 2.75. The minimum Gasteiger partial charge on any atom is -0.376 e. The average molecular weight is 278 g/mol. The van der Waals surface area contributed by atoms with Crippen molar-refractivity contribution in [1.29, 1.82) is 0 Å². The molecule has 112 valence electrons. The summed E-state index contributed by atoms with van der Waals surface area (Å²) < 4.78 is 26.5. The molecule has 7 heteroatoms. The Bertz CT molecular complexity index is 211. The molecule has 0 aromatic carbocycles. The normalized spacial score (nSPS) is 26.7. The number of hydrogen-bond donors (Lipinski definition) is 2. The Hall–Kier alpha value is -0.280. The van der Waals surface area contributed by atoms with Gasteiger partial charge in [-0.25, -0.2) is 0 Å². The summed E-state index contributed by atoms with van der Waals surface area (Å²) in [7, 11) is 0. The monoisotopic (exact) mass is 278 g/mol. The molecule has 0 radical (unpaired) electrons. The highest BCUT2D eigenvalue weighted by atomic mass is 16.6. The minimum absolute atomic E-state index is 0.175. The van der Waals surface area contributed by atoms with Gasteiger partial charge in [0.1, 0.15) is 18.3 Å². The second-order valence-corrected chi connectivity index (χ2v) is 4.75. The molecule has 2 unspecified atom stereocenters. The minimum atomic E-state index is -1.35. The van der Waals surface area contributed by atoms with Crippen molar-refractivity contribution in [3.63, 3.8) is 0 Å². The van der Waals surface area contributed by atoms with Crippen LogP contribution in [0.2, 0.25) is 0 Å². The van der Waals surface area contributed by atoms with Crippen LogP contribution in [0.15, 0.2) is 0 Å². The van der Waals surface area contributed by atoms with Crippen LogP contribution in [0.5, 0.6) is 0 Å². The number of aliphatic hydroxyl groups excluding tert-OH is 1. The highest BCUT2D eigenvalue weighted by Gasteiger charge is 2.24. The van der Waals surface area contributed by atoms with Crippen molar-refractivity contribution >= 4 is 0 Å². The van der Waals surface area contributed by atoms with Crippen LogP contribution in [-0.4, -0.2) is 81.1 Å². The fraction of sp³-hybridized carbons (Fsp3) is 1.00. The van der Waals surface area contributed by atoms with E-state index in [0.717, 1.165) is 13.2 Å². The maximum absolute atomic E-state index is 8.76. The van der Waals surface area contributed by atoms with E-state index >= 15 is 0 Å². The zero-order valence-corrected chi connectivity index (χ0v) is 10.9. The first-order valence-electron chi connectivity index (χ1n) is 6.60.